The molecule has 0 unspecified atom stereocenters. The first kappa shape index (κ1) is 5.56. The molecule has 0 atom stereocenters. The summed E-state index contributed by atoms with van der Waals surface area (Å²) in [4.78, 5) is 0. The summed E-state index contributed by atoms with van der Waals surface area (Å²) >= 11 is 2.66. The zero-order chi connectivity index (χ0) is 3.41. The van der Waals surface area contributed by atoms with E-state index in [9.17, 15) is 0 Å². The zero-order valence-electron chi connectivity index (χ0n) is 2.82. The zero-order valence-corrected chi connectivity index (χ0v) is 6.57. The Morgan fingerprint density at radius 2 is 2.25 bits per heavy atom. The maximum atomic E-state index is 2.25. The fourth-order valence-electron chi connectivity index (χ4n) is 0. The molecule has 2 heteroatoms. The second kappa shape index (κ2) is 4.56. The molecule has 0 aliphatic rings. The Labute approximate surface area is 46.2 Å². The van der Waals surface area contributed by atoms with Gasteiger partial charge in [0.15, 0.2) is 0 Å². The van der Waals surface area contributed by atoms with Crippen LogP contribution in [0.15, 0.2) is 0 Å². The summed E-state index contributed by atoms with van der Waals surface area (Å²) in [6.45, 7) is 2.25. The molecular weight excluding hydrogens is 176 g/mol. The van der Waals surface area contributed by atoms with Crippen LogP contribution in [0.2, 0.25) is 4.47 Å². The van der Waals surface area contributed by atoms with E-state index in [2.05, 4.69) is 24.8 Å². The molecule has 0 rings (SSSR count). The van der Waals surface area contributed by atoms with Crippen LogP contribution >= 0.6 is 0 Å². The van der Waals surface area contributed by atoms with Crippen molar-refractivity contribution in [3.63, 3.8) is 0 Å². The quantitative estimate of drug-likeness (QED) is 0.507. The van der Waals surface area contributed by atoms with Crippen molar-refractivity contribution in [1.82, 2.24) is 0 Å². The minimum absolute atomic E-state index is 0.509. The van der Waals surface area contributed by atoms with Crippen LogP contribution in [0.1, 0.15) is 6.92 Å². The van der Waals surface area contributed by atoms with E-state index in [0.717, 1.165) is 0 Å². The van der Waals surface area contributed by atoms with Crippen molar-refractivity contribution in [2.45, 2.75) is 11.4 Å². The van der Waals surface area contributed by atoms with Gasteiger partial charge in [0.1, 0.15) is 0 Å². The molecule has 0 heterocycles. The van der Waals surface area contributed by atoms with Crippen LogP contribution in [-0.4, -0.2) is 35.1 Å². The molecule has 0 bridgehead atoms. The molecule has 0 radical (unpaired) electrons. The van der Waals surface area contributed by atoms with Crippen LogP contribution in [-0.2, 0) is 0 Å². The van der Waals surface area contributed by atoms with Gasteiger partial charge in [0.2, 0.25) is 0 Å². The van der Waals surface area contributed by atoms with Crippen LogP contribution in [0.4, 0.5) is 0 Å². The molecule has 0 saturated heterocycles. The Hall–Kier alpha value is 1.56. The van der Waals surface area contributed by atoms with Gasteiger partial charge in [0.05, 0.1) is 0 Å². The third kappa shape index (κ3) is 3.56. The second-order valence-electron chi connectivity index (χ2n) is 0.493. The molecule has 0 nitrogen and oxygen atoms in total. The third-order valence-electron chi connectivity index (χ3n) is 0.204. The van der Waals surface area contributed by atoms with Gasteiger partial charge in [-0.05, 0) is 0 Å². The van der Waals surface area contributed by atoms with E-state index in [-0.39, 0.29) is 0 Å². The molecule has 0 aromatic rings. The third-order valence-corrected chi connectivity index (χ3v) is 4.11. The fraction of sp³-hybridized carbons (Fsp3) is 1.00. The average Bonchev–Trinajstić information content (AvgIpc) is 1.37. The van der Waals surface area contributed by atoms with E-state index in [1.165, 1.54) is 4.47 Å². The summed E-state index contributed by atoms with van der Waals surface area (Å²) in [5.41, 5.74) is 0. The summed E-state index contributed by atoms with van der Waals surface area (Å²) in [5.74, 6) is 0. The average molecular weight is 181 g/mol. The van der Waals surface area contributed by atoms with E-state index in [1.807, 2.05) is 0 Å². The topological polar surface area (TPSA) is 0 Å². The molecule has 0 aromatic carbocycles. The van der Waals surface area contributed by atoms with Crippen molar-refractivity contribution in [3.8, 4) is 0 Å². The molecule has 0 amide bonds. The van der Waals surface area contributed by atoms with Crippen molar-refractivity contribution in [3.05, 3.63) is 0 Å². The van der Waals surface area contributed by atoms with Crippen LogP contribution in [0.5, 0.6) is 0 Å². The molecular formula is C2H5MgTe+. The van der Waals surface area contributed by atoms with Gasteiger partial charge in [-0.3, -0.25) is 0 Å². The predicted molar refractivity (Wildman–Crippen MR) is 22.0 cm³/mol. The first-order chi connectivity index (χ1) is 1.91. The number of hydrogen-bond donors (Lipinski definition) is 0. The SMILES string of the molecule is CC[Te][Mg+]. The van der Waals surface area contributed by atoms with Crippen molar-refractivity contribution in [1.29, 1.82) is 0 Å². The fourth-order valence-corrected chi connectivity index (χ4v) is 0. The van der Waals surface area contributed by atoms with E-state index in [4.69, 9.17) is 0 Å². The Morgan fingerprint density at radius 1 is 2.00 bits per heavy atom. The molecule has 0 N–H and O–H groups in total. The molecule has 0 fully saturated rings. The number of rotatable bonds is 1. The van der Waals surface area contributed by atoms with Crippen LogP contribution in [0.3, 0.4) is 0 Å². The Bertz CT molecular complexity index is 8.00. The van der Waals surface area contributed by atoms with Gasteiger partial charge >= 0.3 is 46.5 Å². The van der Waals surface area contributed by atoms with Gasteiger partial charge in [-0.1, -0.05) is 0 Å². The second-order valence-corrected chi connectivity index (χ2v) is 6.04. The summed E-state index contributed by atoms with van der Waals surface area (Å²) < 4.78 is 1.46. The summed E-state index contributed by atoms with van der Waals surface area (Å²) in [6.07, 6.45) is 0. The Morgan fingerprint density at radius 3 is 2.25 bits per heavy atom. The van der Waals surface area contributed by atoms with Crippen molar-refractivity contribution >= 4 is 35.1 Å². The van der Waals surface area contributed by atoms with Crippen LogP contribution < -0.4 is 0 Å². The van der Waals surface area contributed by atoms with E-state index < -0.39 is 0 Å². The maximum absolute atomic E-state index is 2.25. The van der Waals surface area contributed by atoms with Crippen LogP contribution in [0, 0.1) is 0 Å². The minimum atomic E-state index is 0.509. The van der Waals surface area contributed by atoms with Gasteiger partial charge in [-0.25, -0.2) is 0 Å². The first-order valence-corrected chi connectivity index (χ1v) is 8.45. The molecule has 0 spiro atoms. The standard InChI is InChI=1S/C2H6Te.Mg/c1-2-3;/h3H,2H2,1H3;/q;+2/p-1. The summed E-state index contributed by atoms with van der Waals surface area (Å²) in [7, 11) is 0. The van der Waals surface area contributed by atoms with E-state index in [1.54, 1.807) is 0 Å². The van der Waals surface area contributed by atoms with E-state index >= 15 is 0 Å². The van der Waals surface area contributed by atoms with Crippen molar-refractivity contribution < 1.29 is 0 Å². The van der Waals surface area contributed by atoms with Crippen molar-refractivity contribution in [2.24, 2.45) is 0 Å². The molecule has 0 aromatic heterocycles. The van der Waals surface area contributed by atoms with Crippen LogP contribution in [0.25, 0.3) is 0 Å². The van der Waals surface area contributed by atoms with Gasteiger partial charge in [0, 0.05) is 0 Å². The van der Waals surface area contributed by atoms with Crippen molar-refractivity contribution in [2.75, 3.05) is 0 Å². The summed E-state index contributed by atoms with van der Waals surface area (Å²) in [5, 5.41) is 0. The van der Waals surface area contributed by atoms with Gasteiger partial charge in [-0.2, -0.15) is 0 Å². The predicted octanol–water partition coefficient (Wildman–Crippen LogP) is 0.212. The molecule has 4 heavy (non-hydrogen) atoms. The molecule has 0 aliphatic carbocycles. The Kier molecular flexibility index (Phi) is 6.33. The summed E-state index contributed by atoms with van der Waals surface area (Å²) in [6, 6.07) is 0. The molecule has 20 valence electrons. The van der Waals surface area contributed by atoms with E-state index in [0.29, 0.717) is 17.2 Å². The first-order valence-electron chi connectivity index (χ1n) is 1.28. The van der Waals surface area contributed by atoms with Gasteiger partial charge < -0.3 is 0 Å². The normalized spacial score (nSPS) is 7.75. The number of hydrogen-bond acceptors (Lipinski definition) is 0. The van der Waals surface area contributed by atoms with Gasteiger partial charge in [-0.15, -0.1) is 0 Å². The monoisotopic (exact) mass is 183 g/mol. The van der Waals surface area contributed by atoms with Gasteiger partial charge in [0.25, 0.3) is 0 Å². The Balaban J connectivity index is 1.97. The molecule has 0 aliphatic heterocycles. The molecule has 0 saturated carbocycles.